The Morgan fingerprint density at radius 1 is 1.30 bits per heavy atom. The highest BCUT2D eigenvalue weighted by Gasteiger charge is 2.50. The van der Waals surface area contributed by atoms with Crippen LogP contribution in [0.4, 0.5) is 0 Å². The Balaban J connectivity index is 1.64. The number of aryl methyl sites for hydroxylation is 1. The number of hydrogen-bond acceptors (Lipinski definition) is 2. The normalized spacial score (nSPS) is 34.9. The first kappa shape index (κ1) is 15.0. The van der Waals surface area contributed by atoms with Crippen LogP contribution in [0, 0.1) is 17.3 Å². The summed E-state index contributed by atoms with van der Waals surface area (Å²) in [5.74, 6) is 2.80. The van der Waals surface area contributed by atoms with E-state index >= 15 is 0 Å². The summed E-state index contributed by atoms with van der Waals surface area (Å²) in [6, 6.07) is 6.30. The Labute approximate surface area is 138 Å². The Morgan fingerprint density at radius 3 is 2.91 bits per heavy atom. The second-order valence-corrected chi connectivity index (χ2v) is 7.95. The quantitative estimate of drug-likeness (QED) is 0.413. The average molecular weight is 310 g/mol. The van der Waals surface area contributed by atoms with E-state index in [1.165, 1.54) is 43.7 Å². The third-order valence-electron chi connectivity index (χ3n) is 6.93. The van der Waals surface area contributed by atoms with Crippen LogP contribution in [0.2, 0.25) is 0 Å². The molecule has 0 spiro atoms. The molecule has 3 aliphatic carbocycles. The molecule has 0 heterocycles. The number of carbonyl (C=O) groups excluding carboxylic acids is 1. The van der Waals surface area contributed by atoms with Gasteiger partial charge in [-0.15, -0.1) is 0 Å². The van der Waals surface area contributed by atoms with Crippen molar-refractivity contribution in [3.05, 3.63) is 41.0 Å². The summed E-state index contributed by atoms with van der Waals surface area (Å²) in [7, 11) is 0. The van der Waals surface area contributed by atoms with Crippen molar-refractivity contribution in [2.75, 3.05) is 0 Å². The van der Waals surface area contributed by atoms with Crippen LogP contribution in [0.15, 0.2) is 29.8 Å². The van der Waals surface area contributed by atoms with Crippen molar-refractivity contribution in [1.29, 1.82) is 0 Å². The maximum absolute atomic E-state index is 11.2. The fourth-order valence-electron chi connectivity index (χ4n) is 5.57. The molecule has 3 aliphatic rings. The van der Waals surface area contributed by atoms with E-state index in [0.29, 0.717) is 17.1 Å². The molecule has 1 aromatic rings. The minimum Gasteiger partial charge on any atom is -0.427 e. The van der Waals surface area contributed by atoms with Gasteiger partial charge in [-0.2, -0.15) is 0 Å². The molecule has 0 radical (unpaired) electrons. The molecule has 0 bridgehead atoms. The van der Waals surface area contributed by atoms with Gasteiger partial charge in [0.05, 0.1) is 0 Å². The summed E-state index contributed by atoms with van der Waals surface area (Å²) in [5.41, 5.74) is 4.98. The van der Waals surface area contributed by atoms with Crippen LogP contribution in [0.3, 0.4) is 0 Å². The average Bonchev–Trinajstić information content (AvgIpc) is 2.82. The largest absolute Gasteiger partial charge is 0.427 e. The zero-order valence-electron chi connectivity index (χ0n) is 14.4. The lowest BCUT2D eigenvalue weighted by Gasteiger charge is -2.50. The zero-order valence-corrected chi connectivity index (χ0v) is 14.4. The van der Waals surface area contributed by atoms with Gasteiger partial charge in [0.1, 0.15) is 5.75 Å². The smallest absolute Gasteiger partial charge is 0.308 e. The predicted molar refractivity (Wildman–Crippen MR) is 91.5 cm³/mol. The number of esters is 1. The van der Waals surface area contributed by atoms with Gasteiger partial charge in [-0.3, -0.25) is 4.79 Å². The molecule has 0 aliphatic heterocycles. The van der Waals surface area contributed by atoms with Crippen molar-refractivity contribution in [3.63, 3.8) is 0 Å². The standard InChI is InChI=1S/C21H26O2/c1-13-4-9-20-19-7-5-15-12-16(23-14(2)22)6-8-17(15)18(19)10-11-21(13,20)3/h4,6,8,12,18-20H,5,7,9-11H2,1-3H3/t18?,19?,20?,21-/m1/s1. The Morgan fingerprint density at radius 2 is 2.13 bits per heavy atom. The van der Waals surface area contributed by atoms with Gasteiger partial charge < -0.3 is 4.74 Å². The minimum absolute atomic E-state index is 0.237. The maximum atomic E-state index is 11.2. The van der Waals surface area contributed by atoms with Crippen molar-refractivity contribution in [2.24, 2.45) is 17.3 Å². The number of fused-ring (bicyclic) bond motifs is 5. The summed E-state index contributed by atoms with van der Waals surface area (Å²) < 4.78 is 5.27. The third kappa shape index (κ3) is 2.26. The summed E-state index contributed by atoms with van der Waals surface area (Å²) in [6.45, 7) is 6.29. The number of ether oxygens (including phenoxy) is 1. The van der Waals surface area contributed by atoms with Crippen LogP contribution in [0.1, 0.15) is 63.5 Å². The van der Waals surface area contributed by atoms with E-state index in [4.69, 9.17) is 4.74 Å². The third-order valence-corrected chi connectivity index (χ3v) is 6.93. The number of allylic oxidation sites excluding steroid dienone is 2. The lowest BCUT2D eigenvalue weighted by Crippen LogP contribution is -2.40. The number of rotatable bonds is 1. The summed E-state index contributed by atoms with van der Waals surface area (Å²) >= 11 is 0. The van der Waals surface area contributed by atoms with E-state index in [1.807, 2.05) is 6.07 Å². The molecular weight excluding hydrogens is 284 g/mol. The van der Waals surface area contributed by atoms with Gasteiger partial charge in [0.15, 0.2) is 0 Å². The highest BCUT2D eigenvalue weighted by molar-refractivity contribution is 5.69. The van der Waals surface area contributed by atoms with Crippen molar-refractivity contribution in [2.45, 2.75) is 58.8 Å². The second-order valence-electron chi connectivity index (χ2n) is 7.95. The highest BCUT2D eigenvalue weighted by atomic mass is 16.5. The lowest BCUT2D eigenvalue weighted by atomic mass is 9.54. The molecule has 1 aromatic carbocycles. The lowest BCUT2D eigenvalue weighted by molar-refractivity contribution is -0.131. The first-order valence-corrected chi connectivity index (χ1v) is 8.97. The van der Waals surface area contributed by atoms with Crippen LogP contribution in [0.5, 0.6) is 5.75 Å². The molecule has 0 amide bonds. The van der Waals surface area contributed by atoms with Gasteiger partial charge in [-0.1, -0.05) is 24.6 Å². The van der Waals surface area contributed by atoms with Crippen LogP contribution in [-0.2, 0) is 11.2 Å². The SMILES string of the molecule is CC(=O)Oc1ccc2c(c1)CCC1C2CC[C@]2(C)C(C)=CCC12. The Bertz CT molecular complexity index is 687. The van der Waals surface area contributed by atoms with Crippen molar-refractivity contribution in [3.8, 4) is 5.75 Å². The first-order valence-electron chi connectivity index (χ1n) is 8.97. The molecule has 3 unspecified atom stereocenters. The number of hydrogen-bond donors (Lipinski definition) is 0. The summed E-state index contributed by atoms with van der Waals surface area (Å²) in [6.07, 6.45) is 8.77. The second kappa shape index (κ2) is 5.22. The van der Waals surface area contributed by atoms with Crippen LogP contribution in [0.25, 0.3) is 0 Å². The van der Waals surface area contributed by atoms with E-state index < -0.39 is 0 Å². The topological polar surface area (TPSA) is 26.3 Å². The number of carbonyl (C=O) groups is 1. The van der Waals surface area contributed by atoms with Gasteiger partial charge in [0, 0.05) is 6.92 Å². The molecule has 0 aromatic heterocycles. The number of benzene rings is 1. The van der Waals surface area contributed by atoms with E-state index in [9.17, 15) is 4.79 Å². The molecule has 2 heteroatoms. The fraction of sp³-hybridized carbons (Fsp3) is 0.571. The molecule has 4 rings (SSSR count). The van der Waals surface area contributed by atoms with Crippen molar-refractivity contribution < 1.29 is 9.53 Å². The van der Waals surface area contributed by atoms with Gasteiger partial charge in [-0.05, 0) is 85.5 Å². The van der Waals surface area contributed by atoms with Crippen molar-refractivity contribution in [1.82, 2.24) is 0 Å². The molecule has 0 N–H and O–H groups in total. The minimum atomic E-state index is -0.237. The molecule has 1 fully saturated rings. The van der Waals surface area contributed by atoms with Gasteiger partial charge in [0.2, 0.25) is 0 Å². The first-order chi connectivity index (χ1) is 11.0. The van der Waals surface area contributed by atoms with E-state index in [-0.39, 0.29) is 5.97 Å². The summed E-state index contributed by atoms with van der Waals surface area (Å²) in [5, 5.41) is 0. The molecule has 2 nitrogen and oxygen atoms in total. The maximum Gasteiger partial charge on any atom is 0.308 e. The van der Waals surface area contributed by atoms with E-state index in [1.54, 1.807) is 5.57 Å². The predicted octanol–water partition coefficient (Wildman–Crippen LogP) is 5.02. The van der Waals surface area contributed by atoms with E-state index in [2.05, 4.69) is 32.1 Å². The van der Waals surface area contributed by atoms with Crippen molar-refractivity contribution >= 4 is 5.97 Å². The van der Waals surface area contributed by atoms with Crippen LogP contribution >= 0.6 is 0 Å². The molecule has 1 saturated carbocycles. The van der Waals surface area contributed by atoms with E-state index in [0.717, 1.165) is 18.3 Å². The molecule has 23 heavy (non-hydrogen) atoms. The molecule has 4 atom stereocenters. The fourth-order valence-corrected chi connectivity index (χ4v) is 5.57. The van der Waals surface area contributed by atoms with Gasteiger partial charge in [0.25, 0.3) is 0 Å². The molecule has 0 saturated heterocycles. The highest BCUT2D eigenvalue weighted by Crippen LogP contribution is 2.60. The van der Waals surface area contributed by atoms with Crippen LogP contribution < -0.4 is 4.74 Å². The van der Waals surface area contributed by atoms with Gasteiger partial charge in [-0.25, -0.2) is 0 Å². The molecular formula is C21H26O2. The summed E-state index contributed by atoms with van der Waals surface area (Å²) in [4.78, 5) is 11.2. The Hall–Kier alpha value is -1.57. The van der Waals surface area contributed by atoms with Crippen LogP contribution in [-0.4, -0.2) is 5.97 Å². The Kier molecular flexibility index (Phi) is 3.40. The molecule has 122 valence electrons. The van der Waals surface area contributed by atoms with Gasteiger partial charge >= 0.3 is 5.97 Å². The monoisotopic (exact) mass is 310 g/mol. The zero-order chi connectivity index (χ0) is 16.2.